The molecule has 41 heavy (non-hydrogen) atoms. The van der Waals surface area contributed by atoms with Crippen molar-refractivity contribution in [1.29, 1.82) is 0 Å². The minimum atomic E-state index is -3.05. The van der Waals surface area contributed by atoms with Crippen LogP contribution in [-0.4, -0.2) is 35.6 Å². The van der Waals surface area contributed by atoms with Gasteiger partial charge in [-0.15, -0.1) is 0 Å². The van der Waals surface area contributed by atoms with Crippen LogP contribution in [0.1, 0.15) is 61.8 Å². The molecule has 1 fully saturated rings. The van der Waals surface area contributed by atoms with E-state index in [1.54, 1.807) is 39.0 Å². The second kappa shape index (κ2) is 11.4. The number of carbonyl (C=O) groups is 2. The summed E-state index contributed by atoms with van der Waals surface area (Å²) in [6, 6.07) is 18.7. The van der Waals surface area contributed by atoms with Crippen LogP contribution in [0.3, 0.4) is 0 Å². The molecule has 6 nitrogen and oxygen atoms in total. The van der Waals surface area contributed by atoms with Crippen molar-refractivity contribution in [2.24, 2.45) is 0 Å². The third kappa shape index (κ3) is 6.54. The highest BCUT2D eigenvalue weighted by atomic mass is 35.5. The molecule has 9 heteroatoms. The maximum Gasteiger partial charge on any atom is 0.407 e. The number of nitrogens with one attached hydrogen (secondary N) is 3. The van der Waals surface area contributed by atoms with Crippen molar-refractivity contribution < 1.29 is 23.1 Å². The molecule has 1 heterocycles. The lowest BCUT2D eigenvalue weighted by molar-refractivity contribution is -0.123. The van der Waals surface area contributed by atoms with E-state index < -0.39 is 42.0 Å². The molecule has 2 atom stereocenters. The van der Waals surface area contributed by atoms with Crippen LogP contribution in [0, 0.1) is 0 Å². The molecule has 0 aromatic heterocycles. The molecule has 0 saturated carbocycles. The summed E-state index contributed by atoms with van der Waals surface area (Å²) in [5.41, 5.74) is 4.97. The van der Waals surface area contributed by atoms with Gasteiger partial charge in [-0.1, -0.05) is 66.2 Å². The van der Waals surface area contributed by atoms with Crippen LogP contribution >= 0.6 is 11.6 Å². The molecule has 2 amide bonds. The first kappa shape index (κ1) is 29.0. The highest BCUT2D eigenvalue weighted by molar-refractivity contribution is 6.30. The van der Waals surface area contributed by atoms with Crippen molar-refractivity contribution in [3.05, 3.63) is 94.0 Å². The molecule has 2 unspecified atom stereocenters. The van der Waals surface area contributed by atoms with E-state index in [-0.39, 0.29) is 25.4 Å². The van der Waals surface area contributed by atoms with Gasteiger partial charge < -0.3 is 15.4 Å². The smallest absolute Gasteiger partial charge is 0.407 e. The molecule has 3 aromatic carbocycles. The van der Waals surface area contributed by atoms with E-state index in [0.717, 1.165) is 27.8 Å². The fourth-order valence-electron chi connectivity index (χ4n) is 5.72. The Hall–Kier alpha value is -3.49. The van der Waals surface area contributed by atoms with Gasteiger partial charge in [0.15, 0.2) is 0 Å². The molecule has 3 aromatic rings. The van der Waals surface area contributed by atoms with Gasteiger partial charge in [-0.25, -0.2) is 13.6 Å². The Balaban J connectivity index is 1.23. The lowest BCUT2D eigenvalue weighted by atomic mass is 9.88. The molecule has 0 spiro atoms. The van der Waals surface area contributed by atoms with Gasteiger partial charge in [-0.2, -0.15) is 0 Å². The number of amides is 2. The molecular weight excluding hydrogens is 548 g/mol. The second-order valence-electron chi connectivity index (χ2n) is 11.7. The zero-order valence-corrected chi connectivity index (χ0v) is 24.0. The molecule has 1 aliphatic heterocycles. The molecule has 216 valence electrons. The van der Waals surface area contributed by atoms with E-state index in [1.165, 1.54) is 0 Å². The van der Waals surface area contributed by atoms with Gasteiger partial charge in [0, 0.05) is 30.5 Å². The SMILES string of the molecule is CC(C)(C)OC(=O)NCc1ccc(Cl)cc1CNC(=O)C1CC(F)(F)C(CC2c3ccccc3-c3ccccc32)N1. The Morgan fingerprint density at radius 3 is 2.20 bits per heavy atom. The monoisotopic (exact) mass is 581 g/mol. The van der Waals surface area contributed by atoms with Crippen molar-refractivity contribution in [2.75, 3.05) is 0 Å². The second-order valence-corrected chi connectivity index (χ2v) is 12.1. The Morgan fingerprint density at radius 2 is 1.56 bits per heavy atom. The van der Waals surface area contributed by atoms with E-state index in [2.05, 4.69) is 16.0 Å². The van der Waals surface area contributed by atoms with Crippen LogP contribution in [0.2, 0.25) is 5.02 Å². The van der Waals surface area contributed by atoms with E-state index in [0.29, 0.717) is 10.6 Å². The van der Waals surface area contributed by atoms with E-state index >= 15 is 8.78 Å². The summed E-state index contributed by atoms with van der Waals surface area (Å²) < 4.78 is 35.9. The van der Waals surface area contributed by atoms with Crippen molar-refractivity contribution in [3.63, 3.8) is 0 Å². The zero-order valence-electron chi connectivity index (χ0n) is 23.3. The average molecular weight is 582 g/mol. The van der Waals surface area contributed by atoms with Gasteiger partial charge in [-0.3, -0.25) is 10.1 Å². The van der Waals surface area contributed by atoms with Crippen LogP contribution in [0.5, 0.6) is 0 Å². The summed E-state index contributed by atoms with van der Waals surface area (Å²) >= 11 is 6.18. The Morgan fingerprint density at radius 1 is 0.951 bits per heavy atom. The van der Waals surface area contributed by atoms with Crippen LogP contribution in [0.4, 0.5) is 13.6 Å². The maximum atomic E-state index is 15.3. The number of ether oxygens (including phenoxy) is 1. The third-order valence-corrected chi connectivity index (χ3v) is 7.82. The predicted octanol–water partition coefficient (Wildman–Crippen LogP) is 6.55. The Labute approximate surface area is 243 Å². The molecule has 1 aliphatic carbocycles. The van der Waals surface area contributed by atoms with Gasteiger partial charge in [0.25, 0.3) is 5.92 Å². The summed E-state index contributed by atoms with van der Waals surface area (Å²) in [6.45, 7) is 5.54. The number of fused-ring (bicyclic) bond motifs is 3. The number of carbonyl (C=O) groups excluding carboxylic acids is 2. The van der Waals surface area contributed by atoms with E-state index in [1.807, 2.05) is 48.5 Å². The number of alkyl halides is 2. The van der Waals surface area contributed by atoms with Gasteiger partial charge in [0.05, 0.1) is 12.1 Å². The quantitative estimate of drug-likeness (QED) is 0.296. The van der Waals surface area contributed by atoms with Crippen molar-refractivity contribution in [3.8, 4) is 11.1 Å². The Kier molecular flexibility index (Phi) is 8.08. The predicted molar refractivity (Wildman–Crippen MR) is 155 cm³/mol. The maximum absolute atomic E-state index is 15.3. The highest BCUT2D eigenvalue weighted by Gasteiger charge is 2.51. The minimum absolute atomic E-state index is 0.0719. The van der Waals surface area contributed by atoms with Crippen LogP contribution in [0.15, 0.2) is 66.7 Å². The summed E-state index contributed by atoms with van der Waals surface area (Å²) in [6.07, 6.45) is -0.972. The van der Waals surface area contributed by atoms with E-state index in [4.69, 9.17) is 16.3 Å². The lowest BCUT2D eigenvalue weighted by Crippen LogP contribution is -2.43. The van der Waals surface area contributed by atoms with Crippen LogP contribution in [-0.2, 0) is 22.6 Å². The summed E-state index contributed by atoms with van der Waals surface area (Å²) in [4.78, 5) is 25.2. The van der Waals surface area contributed by atoms with E-state index in [9.17, 15) is 9.59 Å². The largest absolute Gasteiger partial charge is 0.444 e. The summed E-state index contributed by atoms with van der Waals surface area (Å²) in [5, 5.41) is 8.86. The first-order valence-corrected chi connectivity index (χ1v) is 14.1. The standard InChI is InChI=1S/C32H34ClF2N3O3/c1-31(2,3)41-30(40)37-17-19-12-13-21(33)14-20(19)18-36-29(39)27-16-32(34,35)28(38-27)15-26-24-10-6-4-8-22(24)23-9-5-7-11-25(23)26/h4-14,26-28,38H,15-18H2,1-3H3,(H,36,39)(H,37,40). The molecule has 3 N–H and O–H groups in total. The average Bonchev–Trinajstić information content (AvgIpc) is 3.39. The molecule has 5 rings (SSSR count). The van der Waals surface area contributed by atoms with Gasteiger partial charge in [0.2, 0.25) is 5.91 Å². The van der Waals surface area contributed by atoms with Crippen LogP contribution in [0.25, 0.3) is 11.1 Å². The molecule has 1 saturated heterocycles. The van der Waals surface area contributed by atoms with Gasteiger partial charge >= 0.3 is 6.09 Å². The fraction of sp³-hybridized carbons (Fsp3) is 0.375. The number of hydrogen-bond acceptors (Lipinski definition) is 4. The molecule has 0 radical (unpaired) electrons. The number of alkyl carbamates (subject to hydrolysis) is 1. The summed E-state index contributed by atoms with van der Waals surface area (Å²) in [5.74, 6) is -3.74. The number of halogens is 3. The Bertz CT molecular complexity index is 1410. The van der Waals surface area contributed by atoms with Crippen LogP contribution < -0.4 is 16.0 Å². The normalized spacial score (nSPS) is 19.4. The zero-order chi connectivity index (χ0) is 29.4. The van der Waals surface area contributed by atoms with Gasteiger partial charge in [0.1, 0.15) is 5.60 Å². The van der Waals surface area contributed by atoms with Crippen molar-refractivity contribution in [2.45, 2.75) is 76.2 Å². The van der Waals surface area contributed by atoms with Crippen molar-refractivity contribution in [1.82, 2.24) is 16.0 Å². The highest BCUT2D eigenvalue weighted by Crippen LogP contribution is 2.48. The molecule has 0 bridgehead atoms. The minimum Gasteiger partial charge on any atom is -0.444 e. The first-order valence-electron chi connectivity index (χ1n) is 13.8. The number of hydrogen-bond donors (Lipinski definition) is 3. The number of benzene rings is 3. The van der Waals surface area contributed by atoms with Crippen molar-refractivity contribution >= 4 is 23.6 Å². The summed E-state index contributed by atoms with van der Waals surface area (Å²) in [7, 11) is 0. The molecule has 2 aliphatic rings. The molecular formula is C32H34ClF2N3O3. The fourth-order valence-corrected chi connectivity index (χ4v) is 5.91. The lowest BCUT2D eigenvalue weighted by Gasteiger charge is -2.23. The topological polar surface area (TPSA) is 79.5 Å². The number of rotatable bonds is 7. The third-order valence-electron chi connectivity index (χ3n) is 7.58. The first-order chi connectivity index (χ1) is 19.4. The van der Waals surface area contributed by atoms with Gasteiger partial charge in [-0.05, 0) is 72.7 Å².